The average Bonchev–Trinajstić information content (AvgIpc) is 2.86. The Labute approximate surface area is 205 Å². The molecule has 36 heavy (non-hydrogen) atoms. The lowest BCUT2D eigenvalue weighted by Gasteiger charge is -2.18. The predicted molar refractivity (Wildman–Crippen MR) is 132 cm³/mol. The summed E-state index contributed by atoms with van der Waals surface area (Å²) in [6, 6.07) is 23.1. The standard InChI is InChI=1S/C27H22N2O7/c28-24-22(26(31)32)21(23(27(33)34)25(30)29-24)19-13-18(35-14-16-7-3-1-4-8-16)11-12-20(19)36-15-17-9-5-2-6-10-17/h1-13H,14-15H2,(H,31,32)(H,33,34)(H3,28,29,30). The number of hydrogen-bond donors (Lipinski definition) is 4. The number of nitrogen functional groups attached to an aromatic ring is 1. The van der Waals surface area contributed by atoms with E-state index < -0.39 is 34.4 Å². The van der Waals surface area contributed by atoms with E-state index in [0.29, 0.717) is 5.75 Å². The number of nitrogens with two attached hydrogens (primary N) is 1. The number of pyridine rings is 1. The van der Waals surface area contributed by atoms with Crippen LogP contribution < -0.4 is 20.8 Å². The number of benzene rings is 3. The number of anilines is 1. The molecule has 0 saturated heterocycles. The Morgan fingerprint density at radius 1 is 0.778 bits per heavy atom. The fourth-order valence-corrected chi connectivity index (χ4v) is 3.71. The zero-order valence-corrected chi connectivity index (χ0v) is 18.9. The molecule has 0 saturated carbocycles. The molecule has 4 rings (SSSR count). The molecule has 0 bridgehead atoms. The zero-order valence-electron chi connectivity index (χ0n) is 18.9. The Balaban J connectivity index is 1.86. The van der Waals surface area contributed by atoms with Gasteiger partial charge in [-0.3, -0.25) is 4.79 Å². The molecule has 1 aromatic heterocycles. The van der Waals surface area contributed by atoms with Crippen molar-refractivity contribution in [3.8, 4) is 22.6 Å². The lowest BCUT2D eigenvalue weighted by molar-refractivity contribution is 0.0695. The number of carboxylic acids is 2. The lowest BCUT2D eigenvalue weighted by atomic mass is 9.94. The molecule has 0 aliphatic rings. The summed E-state index contributed by atoms with van der Waals surface area (Å²) in [7, 11) is 0. The van der Waals surface area contributed by atoms with Crippen LogP contribution in [-0.4, -0.2) is 27.1 Å². The van der Waals surface area contributed by atoms with Crippen molar-refractivity contribution in [1.82, 2.24) is 4.98 Å². The summed E-state index contributed by atoms with van der Waals surface area (Å²) in [6.07, 6.45) is 0. The molecule has 0 amide bonds. The second-order valence-electron chi connectivity index (χ2n) is 7.81. The lowest BCUT2D eigenvalue weighted by Crippen LogP contribution is -2.24. The molecule has 0 spiro atoms. The number of aromatic amines is 1. The smallest absolute Gasteiger partial charge is 0.342 e. The van der Waals surface area contributed by atoms with Crippen LogP contribution in [0.4, 0.5) is 5.82 Å². The third-order valence-electron chi connectivity index (χ3n) is 5.38. The van der Waals surface area contributed by atoms with E-state index in [2.05, 4.69) is 4.98 Å². The first-order chi connectivity index (χ1) is 17.3. The molecule has 0 atom stereocenters. The summed E-state index contributed by atoms with van der Waals surface area (Å²) in [4.78, 5) is 38.8. The van der Waals surface area contributed by atoms with Gasteiger partial charge in [-0.05, 0) is 29.3 Å². The van der Waals surface area contributed by atoms with Gasteiger partial charge in [0, 0.05) is 11.1 Å². The van der Waals surface area contributed by atoms with Crippen molar-refractivity contribution in [3.05, 3.63) is 111 Å². The number of carboxylic acid groups (broad SMARTS) is 2. The first kappa shape index (κ1) is 24.1. The van der Waals surface area contributed by atoms with Crippen molar-refractivity contribution >= 4 is 17.8 Å². The van der Waals surface area contributed by atoms with Gasteiger partial charge in [-0.1, -0.05) is 60.7 Å². The highest BCUT2D eigenvalue weighted by Gasteiger charge is 2.29. The molecule has 0 radical (unpaired) electrons. The van der Waals surface area contributed by atoms with Gasteiger partial charge < -0.3 is 30.4 Å². The third kappa shape index (κ3) is 5.20. The Morgan fingerprint density at radius 2 is 1.33 bits per heavy atom. The van der Waals surface area contributed by atoms with E-state index in [9.17, 15) is 24.6 Å². The van der Waals surface area contributed by atoms with Crippen molar-refractivity contribution < 1.29 is 29.3 Å². The largest absolute Gasteiger partial charge is 0.489 e. The number of H-pyrrole nitrogens is 1. The highest BCUT2D eigenvalue weighted by molar-refractivity contribution is 6.08. The summed E-state index contributed by atoms with van der Waals surface area (Å²) in [5.41, 5.74) is 4.84. The Hall–Kier alpha value is -5.05. The zero-order chi connectivity index (χ0) is 25.7. The Morgan fingerprint density at radius 3 is 1.89 bits per heavy atom. The van der Waals surface area contributed by atoms with Gasteiger partial charge >= 0.3 is 11.9 Å². The molecule has 1 heterocycles. The second kappa shape index (κ2) is 10.5. The molecular formula is C27H22N2O7. The van der Waals surface area contributed by atoms with Crippen LogP contribution in [-0.2, 0) is 13.2 Å². The fourth-order valence-electron chi connectivity index (χ4n) is 3.71. The number of hydrogen-bond acceptors (Lipinski definition) is 6. The monoisotopic (exact) mass is 486 g/mol. The normalized spacial score (nSPS) is 10.6. The first-order valence-electron chi connectivity index (χ1n) is 10.9. The number of carbonyl (C=O) groups is 2. The minimum Gasteiger partial charge on any atom is -0.489 e. The van der Waals surface area contributed by atoms with Crippen molar-refractivity contribution in [1.29, 1.82) is 0 Å². The topological polar surface area (TPSA) is 152 Å². The maximum absolute atomic E-state index is 12.6. The van der Waals surface area contributed by atoms with E-state index >= 15 is 0 Å². The number of ether oxygens (including phenoxy) is 2. The van der Waals surface area contributed by atoms with E-state index in [0.717, 1.165) is 11.1 Å². The van der Waals surface area contributed by atoms with Gasteiger partial charge in [-0.2, -0.15) is 0 Å². The van der Waals surface area contributed by atoms with E-state index in [-0.39, 0.29) is 30.1 Å². The highest BCUT2D eigenvalue weighted by atomic mass is 16.5. The Bertz CT molecular complexity index is 1470. The van der Waals surface area contributed by atoms with Crippen LogP contribution in [0, 0.1) is 0 Å². The predicted octanol–water partition coefficient (Wildman–Crippen LogP) is 4.18. The molecule has 0 unspecified atom stereocenters. The molecule has 0 aliphatic carbocycles. The van der Waals surface area contributed by atoms with Crippen LogP contribution in [0.15, 0.2) is 83.7 Å². The SMILES string of the molecule is Nc1[nH]c(=O)c(C(=O)O)c(-c2cc(OCc3ccccc3)ccc2OCc2ccccc2)c1C(=O)O. The van der Waals surface area contributed by atoms with E-state index in [4.69, 9.17) is 15.2 Å². The fraction of sp³-hybridized carbons (Fsp3) is 0.0741. The number of nitrogens with one attached hydrogen (secondary N) is 1. The van der Waals surface area contributed by atoms with Crippen molar-refractivity contribution in [3.63, 3.8) is 0 Å². The summed E-state index contributed by atoms with van der Waals surface area (Å²) in [6.45, 7) is 0.321. The van der Waals surface area contributed by atoms with Gasteiger partial charge in [0.15, 0.2) is 0 Å². The van der Waals surface area contributed by atoms with Gasteiger partial charge in [0.25, 0.3) is 5.56 Å². The minimum absolute atomic E-state index is 0.0455. The van der Waals surface area contributed by atoms with Crippen molar-refractivity contribution in [2.24, 2.45) is 0 Å². The third-order valence-corrected chi connectivity index (χ3v) is 5.38. The molecular weight excluding hydrogens is 464 g/mol. The molecule has 5 N–H and O–H groups in total. The molecule has 9 heteroatoms. The van der Waals surface area contributed by atoms with Crippen LogP contribution in [0.1, 0.15) is 31.8 Å². The van der Waals surface area contributed by atoms with Crippen LogP contribution >= 0.6 is 0 Å². The second-order valence-corrected chi connectivity index (χ2v) is 7.81. The van der Waals surface area contributed by atoms with E-state index in [1.165, 1.54) is 12.1 Å². The number of aromatic carboxylic acids is 2. The molecule has 0 aliphatic heterocycles. The van der Waals surface area contributed by atoms with Crippen LogP contribution in [0.2, 0.25) is 0 Å². The average molecular weight is 486 g/mol. The molecule has 9 nitrogen and oxygen atoms in total. The van der Waals surface area contributed by atoms with Gasteiger partial charge in [0.05, 0.1) is 0 Å². The summed E-state index contributed by atoms with van der Waals surface area (Å²) in [5.74, 6) is -3.13. The first-order valence-corrected chi connectivity index (χ1v) is 10.9. The minimum atomic E-state index is -1.61. The van der Waals surface area contributed by atoms with Gasteiger partial charge in [-0.25, -0.2) is 9.59 Å². The summed E-state index contributed by atoms with van der Waals surface area (Å²) >= 11 is 0. The van der Waals surface area contributed by atoms with E-state index in [1.54, 1.807) is 6.07 Å². The van der Waals surface area contributed by atoms with Crippen LogP contribution in [0.25, 0.3) is 11.1 Å². The maximum atomic E-state index is 12.6. The maximum Gasteiger partial charge on any atom is 0.342 e. The van der Waals surface area contributed by atoms with Gasteiger partial charge in [-0.15, -0.1) is 0 Å². The highest BCUT2D eigenvalue weighted by Crippen LogP contribution is 2.39. The quantitative estimate of drug-likeness (QED) is 0.275. The molecule has 4 aromatic rings. The van der Waals surface area contributed by atoms with E-state index in [1.807, 2.05) is 60.7 Å². The van der Waals surface area contributed by atoms with Crippen LogP contribution in [0.5, 0.6) is 11.5 Å². The van der Waals surface area contributed by atoms with Gasteiger partial charge in [0.2, 0.25) is 0 Å². The van der Waals surface area contributed by atoms with Gasteiger partial charge in [0.1, 0.15) is 41.7 Å². The Kier molecular flexibility index (Phi) is 7.01. The number of rotatable bonds is 9. The summed E-state index contributed by atoms with van der Waals surface area (Å²) < 4.78 is 11.8. The van der Waals surface area contributed by atoms with Crippen molar-refractivity contribution in [2.45, 2.75) is 13.2 Å². The molecule has 3 aromatic carbocycles. The summed E-state index contributed by atoms with van der Waals surface area (Å²) in [5, 5.41) is 19.7. The molecule has 182 valence electrons. The number of aromatic nitrogens is 1. The molecule has 0 fully saturated rings. The van der Waals surface area contributed by atoms with Crippen LogP contribution in [0.3, 0.4) is 0 Å². The van der Waals surface area contributed by atoms with Crippen molar-refractivity contribution in [2.75, 3.05) is 5.73 Å².